The van der Waals surface area contributed by atoms with E-state index in [9.17, 15) is 14.4 Å². The lowest BCUT2D eigenvalue weighted by atomic mass is 9.99. The summed E-state index contributed by atoms with van der Waals surface area (Å²) >= 11 is 0. The number of hydrogen-bond donors (Lipinski definition) is 1. The van der Waals surface area contributed by atoms with Crippen LogP contribution in [0.3, 0.4) is 0 Å². The first-order valence-corrected chi connectivity index (χ1v) is 9.89. The van der Waals surface area contributed by atoms with Crippen molar-refractivity contribution < 1.29 is 19.1 Å². The molecule has 7 nitrogen and oxygen atoms in total. The van der Waals surface area contributed by atoms with Gasteiger partial charge in [0.05, 0.1) is 18.7 Å². The third kappa shape index (κ3) is 4.78. The Morgan fingerprint density at radius 1 is 1.19 bits per heavy atom. The molecule has 1 N–H and O–H groups in total. The zero-order valence-electron chi connectivity index (χ0n) is 16.9. The first kappa shape index (κ1) is 20.3. The van der Waals surface area contributed by atoms with Crippen LogP contribution in [0, 0.1) is 0 Å². The van der Waals surface area contributed by atoms with Gasteiger partial charge >= 0.3 is 5.97 Å². The number of hydrogen-bond acceptors (Lipinski definition) is 5. The number of nitrogens with one attached hydrogen (secondary N) is 1. The number of ketones is 1. The van der Waals surface area contributed by atoms with E-state index in [0.717, 1.165) is 16.7 Å². The van der Waals surface area contributed by atoms with Gasteiger partial charge in [0.2, 0.25) is 5.91 Å². The highest BCUT2D eigenvalue weighted by Gasteiger charge is 2.27. The summed E-state index contributed by atoms with van der Waals surface area (Å²) in [6.07, 6.45) is 6.34. The molecule has 4 rings (SSSR count). The monoisotopic (exact) mass is 415 g/mol. The number of aromatic nitrogens is 2. The molecule has 0 fully saturated rings. The van der Waals surface area contributed by atoms with Crippen molar-refractivity contribution in [2.24, 2.45) is 0 Å². The van der Waals surface area contributed by atoms with E-state index in [-0.39, 0.29) is 24.2 Å². The van der Waals surface area contributed by atoms with Crippen molar-refractivity contribution in [2.75, 3.05) is 11.9 Å². The van der Waals surface area contributed by atoms with E-state index in [2.05, 4.69) is 10.4 Å². The summed E-state index contributed by atoms with van der Waals surface area (Å²) in [4.78, 5) is 36.1. The fourth-order valence-electron chi connectivity index (χ4n) is 3.35. The topological polar surface area (TPSA) is 90.3 Å². The Labute approximate surface area is 179 Å². The molecular formula is C24H21N3O4. The Kier molecular flexibility index (Phi) is 5.75. The summed E-state index contributed by atoms with van der Waals surface area (Å²) in [6, 6.07) is 14.9. The molecule has 3 aromatic rings. The zero-order valence-corrected chi connectivity index (χ0v) is 16.9. The lowest BCUT2D eigenvalue weighted by Crippen LogP contribution is -2.13. The van der Waals surface area contributed by atoms with Gasteiger partial charge in [-0.15, -0.1) is 0 Å². The number of ether oxygens (including phenoxy) is 1. The maximum absolute atomic E-state index is 12.4. The zero-order chi connectivity index (χ0) is 21.8. The van der Waals surface area contributed by atoms with Gasteiger partial charge in [-0.05, 0) is 42.3 Å². The molecule has 7 heteroatoms. The first-order chi connectivity index (χ1) is 15.0. The number of esters is 1. The van der Waals surface area contributed by atoms with E-state index in [4.69, 9.17) is 4.74 Å². The Bertz CT molecular complexity index is 1160. The van der Waals surface area contributed by atoms with Crippen molar-refractivity contribution in [3.63, 3.8) is 0 Å². The number of benzene rings is 2. The van der Waals surface area contributed by atoms with E-state index in [1.165, 1.54) is 6.08 Å². The van der Waals surface area contributed by atoms with E-state index < -0.39 is 5.97 Å². The minimum absolute atomic E-state index is 0.0942. The molecule has 0 saturated carbocycles. The van der Waals surface area contributed by atoms with Crippen LogP contribution < -0.4 is 5.32 Å². The van der Waals surface area contributed by atoms with Crippen LogP contribution in [0.25, 0.3) is 6.08 Å². The Hall–Kier alpha value is -4.00. The average Bonchev–Trinajstić information content (AvgIpc) is 3.34. The smallest absolute Gasteiger partial charge is 0.331 e. The Morgan fingerprint density at radius 3 is 2.81 bits per heavy atom. The van der Waals surface area contributed by atoms with Crippen LogP contribution in [0.15, 0.2) is 67.0 Å². The van der Waals surface area contributed by atoms with E-state index >= 15 is 0 Å². The summed E-state index contributed by atoms with van der Waals surface area (Å²) in [5.41, 5.74) is 3.77. The van der Waals surface area contributed by atoms with Crippen LogP contribution in [0.5, 0.6) is 0 Å². The van der Waals surface area contributed by atoms with Crippen molar-refractivity contribution in [3.8, 4) is 0 Å². The normalized spacial score (nSPS) is 15.0. The van der Waals surface area contributed by atoms with E-state index in [0.29, 0.717) is 17.8 Å². The highest BCUT2D eigenvalue weighted by atomic mass is 16.5. The summed E-state index contributed by atoms with van der Waals surface area (Å²) in [7, 11) is 0. The third-order valence-corrected chi connectivity index (χ3v) is 5.09. The Morgan fingerprint density at radius 2 is 2.00 bits per heavy atom. The quantitative estimate of drug-likeness (QED) is 0.363. The van der Waals surface area contributed by atoms with Crippen molar-refractivity contribution in [1.82, 2.24) is 9.78 Å². The number of amides is 1. The molecule has 0 radical (unpaired) electrons. The summed E-state index contributed by atoms with van der Waals surface area (Å²) < 4.78 is 6.84. The number of nitrogens with zero attached hydrogens (tertiary/aromatic N) is 2. The van der Waals surface area contributed by atoms with E-state index in [1.807, 2.05) is 36.5 Å². The largest absolute Gasteiger partial charge is 0.454 e. The maximum atomic E-state index is 12.4. The third-order valence-electron chi connectivity index (χ3n) is 5.09. The van der Waals surface area contributed by atoms with Crippen LogP contribution in [-0.4, -0.2) is 34.0 Å². The molecule has 1 amide bonds. The lowest BCUT2D eigenvalue weighted by Gasteiger charge is -2.05. The van der Waals surface area contributed by atoms with Gasteiger partial charge in [0.15, 0.2) is 12.4 Å². The molecule has 0 saturated heterocycles. The second-order valence-corrected chi connectivity index (χ2v) is 7.33. The molecule has 0 aliphatic carbocycles. The van der Waals surface area contributed by atoms with Crippen LogP contribution in [-0.2, 0) is 20.9 Å². The number of rotatable bonds is 7. The summed E-state index contributed by atoms with van der Waals surface area (Å²) in [6.45, 7) is 2.04. The molecule has 2 aromatic carbocycles. The van der Waals surface area contributed by atoms with Crippen LogP contribution >= 0.6 is 0 Å². The van der Waals surface area contributed by atoms with Crippen molar-refractivity contribution >= 4 is 29.4 Å². The molecule has 1 aromatic heterocycles. The van der Waals surface area contributed by atoms with Gasteiger partial charge in [-0.25, -0.2) is 4.79 Å². The van der Waals surface area contributed by atoms with Gasteiger partial charge in [0.1, 0.15) is 0 Å². The van der Waals surface area contributed by atoms with Crippen LogP contribution in [0.4, 0.5) is 5.69 Å². The second-order valence-electron chi connectivity index (χ2n) is 7.33. The minimum Gasteiger partial charge on any atom is -0.454 e. The van der Waals surface area contributed by atoms with Gasteiger partial charge in [-0.2, -0.15) is 5.10 Å². The van der Waals surface area contributed by atoms with Gasteiger partial charge in [0.25, 0.3) is 0 Å². The predicted octanol–water partition coefficient (Wildman–Crippen LogP) is 3.43. The highest BCUT2D eigenvalue weighted by Crippen LogP contribution is 2.32. The number of anilines is 1. The number of carbonyl (C=O) groups excluding carboxylic acids is 3. The minimum atomic E-state index is -0.615. The van der Waals surface area contributed by atoms with Gasteiger partial charge in [-0.3, -0.25) is 14.3 Å². The van der Waals surface area contributed by atoms with Crippen LogP contribution in [0.1, 0.15) is 39.9 Å². The van der Waals surface area contributed by atoms with Crippen molar-refractivity contribution in [1.29, 1.82) is 0 Å². The fourth-order valence-corrected chi connectivity index (χ4v) is 3.35. The van der Waals surface area contributed by atoms with Crippen LogP contribution in [0.2, 0.25) is 0 Å². The number of fused-ring (bicyclic) bond motifs is 1. The molecule has 0 bridgehead atoms. The fraction of sp³-hybridized carbons (Fsp3) is 0.167. The molecule has 1 atom stereocenters. The first-order valence-electron chi connectivity index (χ1n) is 9.89. The second kappa shape index (κ2) is 8.79. The summed E-state index contributed by atoms with van der Waals surface area (Å²) in [5, 5.41) is 7.03. The van der Waals surface area contributed by atoms with Gasteiger partial charge in [-0.1, -0.05) is 30.3 Å². The molecule has 156 valence electrons. The molecule has 1 aliphatic heterocycles. The SMILES string of the molecule is C[C@H]1C(=O)Nc2ccc(C(=O)COC(=O)/C=C/c3cnn(Cc4ccccc4)c3)cc21. The molecule has 31 heavy (non-hydrogen) atoms. The molecule has 0 unspecified atom stereocenters. The number of carbonyl (C=O) groups is 3. The van der Waals surface area contributed by atoms with Crippen molar-refractivity contribution in [2.45, 2.75) is 19.4 Å². The maximum Gasteiger partial charge on any atom is 0.331 e. The molecular weight excluding hydrogens is 394 g/mol. The Balaban J connectivity index is 1.30. The highest BCUT2D eigenvalue weighted by molar-refractivity contribution is 6.05. The predicted molar refractivity (Wildman–Crippen MR) is 116 cm³/mol. The van der Waals surface area contributed by atoms with E-state index in [1.54, 1.807) is 42.1 Å². The summed E-state index contributed by atoms with van der Waals surface area (Å²) in [5.74, 6) is -1.35. The van der Waals surface area contributed by atoms with Gasteiger partial charge in [0, 0.05) is 29.1 Å². The number of Topliss-reactive ketones (excluding diaryl/α,β-unsaturated/α-hetero) is 1. The standard InChI is InChI=1S/C24H21N3O4/c1-16-20-11-19(8-9-21(20)26-24(16)30)22(28)15-31-23(29)10-7-18-12-25-27(14-18)13-17-5-3-2-4-6-17/h2-12,14,16H,13,15H2,1H3,(H,26,30)/b10-7+/t16-/m1/s1. The molecule has 0 spiro atoms. The lowest BCUT2D eigenvalue weighted by molar-refractivity contribution is -0.136. The molecule has 1 aliphatic rings. The average molecular weight is 415 g/mol. The van der Waals surface area contributed by atoms with Crippen molar-refractivity contribution in [3.05, 3.63) is 89.3 Å². The molecule has 2 heterocycles. The van der Waals surface area contributed by atoms with Gasteiger partial charge < -0.3 is 10.1 Å².